The standard InChI is InChI=1S/C25H21F3N6O2/c1-33-21(15-6-4-3-5-7-15)17(20-23(33)31-14-32-24(20)36-2)8-9-19(35)34-11-10-16-18(12-34)29-13-30-22(16)25(26,27)28/h3-9,13-14H,10-12H2,1-2H3/b9-8+. The van der Waals surface area contributed by atoms with Crippen molar-refractivity contribution in [1.29, 1.82) is 0 Å². The first-order valence-corrected chi connectivity index (χ1v) is 11.1. The number of halogens is 3. The van der Waals surface area contributed by atoms with Crippen LogP contribution in [0.3, 0.4) is 0 Å². The first-order valence-electron chi connectivity index (χ1n) is 11.1. The number of carbonyl (C=O) groups excluding carboxylic acids is 1. The van der Waals surface area contributed by atoms with Gasteiger partial charge in [0.2, 0.25) is 11.8 Å². The Balaban J connectivity index is 1.52. The number of alkyl halides is 3. The third-order valence-corrected chi connectivity index (χ3v) is 6.19. The second-order valence-electron chi connectivity index (χ2n) is 8.26. The molecule has 3 aromatic heterocycles. The third kappa shape index (κ3) is 4.06. The average Bonchev–Trinajstić information content (AvgIpc) is 3.18. The number of amides is 1. The lowest BCUT2D eigenvalue weighted by Crippen LogP contribution is -2.36. The van der Waals surface area contributed by atoms with Crippen molar-refractivity contribution in [1.82, 2.24) is 29.4 Å². The van der Waals surface area contributed by atoms with E-state index >= 15 is 0 Å². The van der Waals surface area contributed by atoms with Crippen LogP contribution in [0.5, 0.6) is 5.88 Å². The van der Waals surface area contributed by atoms with E-state index in [1.807, 2.05) is 41.9 Å². The number of hydrogen-bond acceptors (Lipinski definition) is 6. The van der Waals surface area contributed by atoms with E-state index in [0.29, 0.717) is 22.5 Å². The second kappa shape index (κ2) is 9.06. The molecular weight excluding hydrogens is 473 g/mol. The van der Waals surface area contributed by atoms with Gasteiger partial charge in [0.05, 0.1) is 30.4 Å². The highest BCUT2D eigenvalue weighted by molar-refractivity contribution is 6.02. The zero-order valence-corrected chi connectivity index (χ0v) is 19.5. The van der Waals surface area contributed by atoms with Crippen molar-refractivity contribution < 1.29 is 22.7 Å². The number of carbonyl (C=O) groups is 1. The minimum absolute atomic E-state index is 0.0236. The molecule has 1 aromatic carbocycles. The molecule has 0 fully saturated rings. The SMILES string of the molecule is COc1ncnc2c1c(/C=C/C(=O)N1CCc3c(ncnc3C(F)(F)F)C1)c(-c1ccccc1)n2C. The lowest BCUT2D eigenvalue weighted by atomic mass is 10.0. The van der Waals surface area contributed by atoms with Gasteiger partial charge in [-0.25, -0.2) is 19.9 Å². The van der Waals surface area contributed by atoms with Gasteiger partial charge < -0.3 is 14.2 Å². The number of ether oxygens (including phenoxy) is 1. The number of methoxy groups -OCH3 is 1. The van der Waals surface area contributed by atoms with Gasteiger partial charge in [-0.15, -0.1) is 0 Å². The number of hydrogen-bond donors (Lipinski definition) is 0. The number of nitrogens with zero attached hydrogens (tertiary/aromatic N) is 6. The van der Waals surface area contributed by atoms with Crippen LogP contribution in [0.15, 0.2) is 49.1 Å². The molecule has 0 N–H and O–H groups in total. The average molecular weight is 494 g/mol. The van der Waals surface area contributed by atoms with Crippen LogP contribution in [0.1, 0.15) is 22.5 Å². The molecule has 1 amide bonds. The number of aromatic nitrogens is 5. The summed E-state index contributed by atoms with van der Waals surface area (Å²) in [6.07, 6.45) is 0.842. The van der Waals surface area contributed by atoms with Crippen molar-refractivity contribution in [3.05, 3.63) is 71.6 Å². The van der Waals surface area contributed by atoms with Gasteiger partial charge in [0.25, 0.3) is 0 Å². The molecule has 11 heteroatoms. The largest absolute Gasteiger partial charge is 0.480 e. The minimum atomic E-state index is -4.57. The molecule has 36 heavy (non-hydrogen) atoms. The quantitative estimate of drug-likeness (QED) is 0.398. The predicted molar refractivity (Wildman–Crippen MR) is 126 cm³/mol. The third-order valence-electron chi connectivity index (χ3n) is 6.19. The molecule has 0 spiro atoms. The van der Waals surface area contributed by atoms with E-state index in [9.17, 15) is 18.0 Å². The predicted octanol–water partition coefficient (Wildman–Crippen LogP) is 4.05. The van der Waals surface area contributed by atoms with Gasteiger partial charge in [0, 0.05) is 30.8 Å². The van der Waals surface area contributed by atoms with E-state index in [0.717, 1.165) is 17.6 Å². The van der Waals surface area contributed by atoms with Gasteiger partial charge in [-0.1, -0.05) is 30.3 Å². The molecule has 0 aliphatic carbocycles. The summed E-state index contributed by atoms with van der Waals surface area (Å²) in [6.45, 7) is 0.0950. The molecule has 0 saturated carbocycles. The Morgan fingerprint density at radius 3 is 2.56 bits per heavy atom. The summed E-state index contributed by atoms with van der Waals surface area (Å²) in [7, 11) is 3.38. The van der Waals surface area contributed by atoms with Crippen molar-refractivity contribution >= 4 is 23.0 Å². The summed E-state index contributed by atoms with van der Waals surface area (Å²) >= 11 is 0. The summed E-state index contributed by atoms with van der Waals surface area (Å²) in [6, 6.07) is 9.64. The Labute approximate surface area is 204 Å². The summed E-state index contributed by atoms with van der Waals surface area (Å²) < 4.78 is 47.3. The number of aryl methyl sites for hydroxylation is 1. The van der Waals surface area contributed by atoms with Crippen LogP contribution in [0.2, 0.25) is 0 Å². The van der Waals surface area contributed by atoms with Crippen LogP contribution in [0.4, 0.5) is 13.2 Å². The Bertz CT molecular complexity index is 1480. The number of fused-ring (bicyclic) bond motifs is 2. The molecule has 8 nitrogen and oxygen atoms in total. The van der Waals surface area contributed by atoms with Crippen LogP contribution < -0.4 is 4.74 Å². The zero-order chi connectivity index (χ0) is 25.4. The highest BCUT2D eigenvalue weighted by atomic mass is 19.4. The minimum Gasteiger partial charge on any atom is -0.480 e. The van der Waals surface area contributed by atoms with Crippen molar-refractivity contribution in [3.63, 3.8) is 0 Å². The normalized spacial score (nSPS) is 13.9. The molecule has 1 aliphatic heterocycles. The van der Waals surface area contributed by atoms with Crippen molar-refractivity contribution in [2.24, 2.45) is 7.05 Å². The van der Waals surface area contributed by atoms with E-state index in [1.54, 1.807) is 6.08 Å². The molecule has 0 saturated heterocycles. The van der Waals surface area contributed by atoms with Crippen molar-refractivity contribution in [3.8, 4) is 17.1 Å². The van der Waals surface area contributed by atoms with Crippen LogP contribution in [0, 0.1) is 0 Å². The first-order chi connectivity index (χ1) is 17.3. The Morgan fingerprint density at radius 2 is 1.83 bits per heavy atom. The first kappa shape index (κ1) is 23.5. The van der Waals surface area contributed by atoms with Gasteiger partial charge in [-0.3, -0.25) is 4.79 Å². The molecule has 0 unspecified atom stereocenters. The maximum atomic E-state index is 13.3. The molecule has 0 bridgehead atoms. The Kier molecular flexibility index (Phi) is 5.91. The van der Waals surface area contributed by atoms with E-state index in [1.165, 1.54) is 24.4 Å². The maximum Gasteiger partial charge on any atom is 0.433 e. The molecule has 1 aliphatic rings. The van der Waals surface area contributed by atoms with Gasteiger partial charge in [0.1, 0.15) is 18.3 Å². The molecule has 184 valence electrons. The smallest absolute Gasteiger partial charge is 0.433 e. The number of benzene rings is 1. The summed E-state index contributed by atoms with van der Waals surface area (Å²) in [5.41, 5.74) is 2.37. The van der Waals surface area contributed by atoms with Gasteiger partial charge in [0.15, 0.2) is 5.69 Å². The fourth-order valence-electron chi connectivity index (χ4n) is 4.56. The topological polar surface area (TPSA) is 86.0 Å². The number of rotatable bonds is 4. The van der Waals surface area contributed by atoms with Crippen LogP contribution in [0.25, 0.3) is 28.4 Å². The molecule has 4 aromatic rings. The van der Waals surface area contributed by atoms with Crippen LogP contribution in [-0.4, -0.2) is 49.0 Å². The Morgan fingerprint density at radius 1 is 1.08 bits per heavy atom. The summed E-state index contributed by atoms with van der Waals surface area (Å²) in [5.74, 6) is 0.0211. The monoisotopic (exact) mass is 494 g/mol. The van der Waals surface area contributed by atoms with Crippen molar-refractivity contribution in [2.45, 2.75) is 19.1 Å². The fraction of sp³-hybridized carbons (Fsp3) is 0.240. The second-order valence-corrected chi connectivity index (χ2v) is 8.26. The van der Waals surface area contributed by atoms with Gasteiger partial charge in [-0.2, -0.15) is 13.2 Å². The lowest BCUT2D eigenvalue weighted by Gasteiger charge is -2.28. The van der Waals surface area contributed by atoms with Gasteiger partial charge in [-0.05, 0) is 18.1 Å². The van der Waals surface area contributed by atoms with Crippen LogP contribution in [-0.2, 0) is 31.0 Å². The van der Waals surface area contributed by atoms with Crippen LogP contribution >= 0.6 is 0 Å². The zero-order valence-electron chi connectivity index (χ0n) is 19.5. The molecule has 0 atom stereocenters. The molecule has 5 rings (SSSR count). The highest BCUT2D eigenvalue weighted by Gasteiger charge is 2.38. The van der Waals surface area contributed by atoms with E-state index in [4.69, 9.17) is 4.74 Å². The molecule has 4 heterocycles. The summed E-state index contributed by atoms with van der Waals surface area (Å²) in [4.78, 5) is 30.6. The Hall–Kier alpha value is -4.28. The van der Waals surface area contributed by atoms with E-state index < -0.39 is 11.9 Å². The summed E-state index contributed by atoms with van der Waals surface area (Å²) in [5, 5.41) is 0.650. The lowest BCUT2D eigenvalue weighted by molar-refractivity contribution is -0.142. The van der Waals surface area contributed by atoms with E-state index in [-0.39, 0.29) is 36.7 Å². The fourth-order valence-corrected chi connectivity index (χ4v) is 4.56. The highest BCUT2D eigenvalue weighted by Crippen LogP contribution is 2.37. The van der Waals surface area contributed by atoms with E-state index in [2.05, 4.69) is 19.9 Å². The molecular formula is C25H21F3N6O2. The van der Waals surface area contributed by atoms with Gasteiger partial charge >= 0.3 is 6.18 Å². The van der Waals surface area contributed by atoms with Crippen molar-refractivity contribution in [2.75, 3.05) is 13.7 Å². The maximum absolute atomic E-state index is 13.3. The molecule has 0 radical (unpaired) electrons.